The molecular weight excluding hydrogens is 362 g/mol. The monoisotopic (exact) mass is 387 g/mol. The molecule has 144 valence electrons. The van der Waals surface area contributed by atoms with Gasteiger partial charge in [-0.3, -0.25) is 9.69 Å². The van der Waals surface area contributed by atoms with Crippen molar-refractivity contribution in [1.29, 1.82) is 0 Å². The van der Waals surface area contributed by atoms with Gasteiger partial charge in [0.1, 0.15) is 0 Å². The summed E-state index contributed by atoms with van der Waals surface area (Å²) in [6.07, 6.45) is 4.77. The van der Waals surface area contributed by atoms with Gasteiger partial charge in [-0.05, 0) is 62.3 Å². The molecule has 2 aliphatic rings. The number of rotatable bonds is 4. The summed E-state index contributed by atoms with van der Waals surface area (Å²) in [5.74, 6) is 1.82. The van der Waals surface area contributed by atoms with E-state index in [2.05, 4.69) is 22.0 Å². The zero-order chi connectivity index (χ0) is 18.8. The molecule has 6 heteroatoms. The molecule has 1 aromatic heterocycles. The van der Waals surface area contributed by atoms with E-state index < -0.39 is 0 Å². The van der Waals surface area contributed by atoms with Crippen molar-refractivity contribution in [2.24, 2.45) is 11.8 Å². The van der Waals surface area contributed by atoms with Crippen LogP contribution in [-0.2, 0) is 6.54 Å². The molecule has 0 unspecified atom stereocenters. The predicted molar refractivity (Wildman–Crippen MR) is 105 cm³/mol. The minimum absolute atomic E-state index is 0.0146. The number of nitrogens with zero attached hydrogens (tertiary/aromatic N) is 3. The summed E-state index contributed by atoms with van der Waals surface area (Å²) in [5, 5.41) is 0.792. The molecular formula is C21H26ClN3O2. The quantitative estimate of drug-likeness (QED) is 0.795. The number of amides is 1. The van der Waals surface area contributed by atoms with Crippen LogP contribution in [0.25, 0.3) is 0 Å². The van der Waals surface area contributed by atoms with E-state index in [-0.39, 0.29) is 5.91 Å². The number of piperidine rings is 1. The predicted octanol–water partition coefficient (Wildman–Crippen LogP) is 4.01. The second-order valence-corrected chi connectivity index (χ2v) is 8.24. The van der Waals surface area contributed by atoms with Gasteiger partial charge in [0.05, 0.1) is 5.69 Å². The Kier molecular flexibility index (Phi) is 5.50. The molecule has 27 heavy (non-hydrogen) atoms. The summed E-state index contributed by atoms with van der Waals surface area (Å²) in [5.41, 5.74) is 2.00. The molecule has 1 aromatic carbocycles. The lowest BCUT2D eigenvalue weighted by Gasteiger charge is -2.34. The molecule has 0 aliphatic carbocycles. The second kappa shape index (κ2) is 8.03. The Morgan fingerprint density at radius 3 is 2.52 bits per heavy atom. The van der Waals surface area contributed by atoms with Crippen molar-refractivity contribution in [1.82, 2.24) is 14.8 Å². The van der Waals surface area contributed by atoms with Crippen LogP contribution in [0, 0.1) is 18.8 Å². The number of hydrogen-bond acceptors (Lipinski definition) is 4. The van der Waals surface area contributed by atoms with Crippen LogP contribution in [0.5, 0.6) is 0 Å². The average Bonchev–Trinajstić information content (AvgIpc) is 3.32. The first-order valence-corrected chi connectivity index (χ1v) is 10.1. The highest BCUT2D eigenvalue weighted by molar-refractivity contribution is 6.30. The third-order valence-electron chi connectivity index (χ3n) is 6.06. The molecule has 2 aliphatic heterocycles. The molecule has 4 rings (SSSR count). The first-order valence-electron chi connectivity index (χ1n) is 9.76. The topological polar surface area (TPSA) is 49.6 Å². The van der Waals surface area contributed by atoms with Crippen LogP contribution in [-0.4, -0.2) is 46.9 Å². The fourth-order valence-electron chi connectivity index (χ4n) is 4.46. The molecule has 2 aromatic rings. The van der Waals surface area contributed by atoms with Gasteiger partial charge in [0.2, 0.25) is 5.76 Å². The highest BCUT2D eigenvalue weighted by Gasteiger charge is 2.33. The first kappa shape index (κ1) is 18.5. The van der Waals surface area contributed by atoms with E-state index in [9.17, 15) is 4.79 Å². The van der Waals surface area contributed by atoms with Crippen LogP contribution in [0.1, 0.15) is 41.1 Å². The molecule has 0 spiro atoms. The summed E-state index contributed by atoms with van der Waals surface area (Å²) >= 11 is 5.98. The third-order valence-corrected chi connectivity index (χ3v) is 6.31. The fraction of sp³-hybridized carbons (Fsp3) is 0.524. The number of oxazole rings is 1. The van der Waals surface area contributed by atoms with Gasteiger partial charge in [-0.1, -0.05) is 23.7 Å². The lowest BCUT2D eigenvalue weighted by Crippen LogP contribution is -2.40. The Labute approximate surface area is 165 Å². The maximum Gasteiger partial charge on any atom is 0.291 e. The molecule has 2 saturated heterocycles. The van der Waals surface area contributed by atoms with Crippen LogP contribution in [0.4, 0.5) is 0 Å². The van der Waals surface area contributed by atoms with E-state index in [0.717, 1.165) is 56.5 Å². The second-order valence-electron chi connectivity index (χ2n) is 7.81. The zero-order valence-corrected chi connectivity index (χ0v) is 16.5. The highest BCUT2D eigenvalue weighted by Crippen LogP contribution is 2.33. The Hall–Kier alpha value is -1.85. The van der Waals surface area contributed by atoms with E-state index in [1.807, 2.05) is 24.0 Å². The van der Waals surface area contributed by atoms with Crippen molar-refractivity contribution >= 4 is 17.5 Å². The Bertz CT molecular complexity index is 781. The van der Waals surface area contributed by atoms with Crippen LogP contribution < -0.4 is 0 Å². The van der Waals surface area contributed by atoms with Gasteiger partial charge in [-0.15, -0.1) is 0 Å². The molecule has 1 amide bonds. The van der Waals surface area contributed by atoms with Gasteiger partial charge < -0.3 is 9.32 Å². The van der Waals surface area contributed by atoms with Crippen LogP contribution >= 0.6 is 11.6 Å². The van der Waals surface area contributed by atoms with E-state index in [4.69, 9.17) is 16.0 Å². The summed E-state index contributed by atoms with van der Waals surface area (Å²) in [7, 11) is 0. The number of halogens is 1. The number of benzene rings is 1. The van der Waals surface area contributed by atoms with Crippen molar-refractivity contribution in [3.63, 3.8) is 0 Å². The lowest BCUT2D eigenvalue weighted by atomic mass is 9.83. The summed E-state index contributed by atoms with van der Waals surface area (Å²) in [6.45, 7) is 6.76. The number of aromatic nitrogens is 1. The van der Waals surface area contributed by atoms with E-state index >= 15 is 0 Å². The smallest absolute Gasteiger partial charge is 0.291 e. The van der Waals surface area contributed by atoms with E-state index in [1.165, 1.54) is 18.4 Å². The largest absolute Gasteiger partial charge is 0.438 e. The lowest BCUT2D eigenvalue weighted by molar-refractivity contribution is 0.0626. The molecule has 1 atom stereocenters. The number of carbonyl (C=O) groups excluding carboxylic acids is 1. The number of aryl methyl sites for hydroxylation is 1. The average molecular weight is 388 g/mol. The highest BCUT2D eigenvalue weighted by atomic mass is 35.5. The van der Waals surface area contributed by atoms with Crippen LogP contribution in [0.3, 0.4) is 0 Å². The first-order chi connectivity index (χ1) is 13.1. The maximum absolute atomic E-state index is 12.6. The molecule has 0 bridgehead atoms. The van der Waals surface area contributed by atoms with Gasteiger partial charge in [-0.25, -0.2) is 4.98 Å². The number of likely N-dealkylation sites (tertiary alicyclic amines) is 2. The molecule has 0 radical (unpaired) electrons. The minimum atomic E-state index is -0.0146. The summed E-state index contributed by atoms with van der Waals surface area (Å²) in [4.78, 5) is 21.1. The van der Waals surface area contributed by atoms with Crippen LogP contribution in [0.15, 0.2) is 35.1 Å². The number of carbonyl (C=O) groups is 1. The van der Waals surface area contributed by atoms with E-state index in [1.54, 1.807) is 0 Å². The van der Waals surface area contributed by atoms with Gasteiger partial charge in [0.15, 0.2) is 6.39 Å². The van der Waals surface area contributed by atoms with Crippen molar-refractivity contribution < 1.29 is 9.21 Å². The Morgan fingerprint density at radius 1 is 1.15 bits per heavy atom. The van der Waals surface area contributed by atoms with Crippen molar-refractivity contribution in [3.05, 3.63) is 52.7 Å². The SMILES string of the molecule is Cc1ncoc1C(=O)N1CCC([C@H]2CCN(Cc3ccc(Cl)cc3)C2)CC1. The van der Waals surface area contributed by atoms with Gasteiger partial charge in [0.25, 0.3) is 5.91 Å². The van der Waals surface area contributed by atoms with Gasteiger partial charge >= 0.3 is 0 Å². The van der Waals surface area contributed by atoms with Crippen molar-refractivity contribution in [3.8, 4) is 0 Å². The molecule has 5 nitrogen and oxygen atoms in total. The Balaban J connectivity index is 1.27. The standard InChI is InChI=1S/C21H26ClN3O2/c1-15-20(27-14-23-15)21(26)25-10-7-17(8-11-25)18-6-9-24(13-18)12-16-2-4-19(22)5-3-16/h2-5,14,17-18H,6-13H2,1H3/t18-/m0/s1. The minimum Gasteiger partial charge on any atom is -0.438 e. The molecule has 0 saturated carbocycles. The van der Waals surface area contributed by atoms with Gasteiger partial charge in [-0.2, -0.15) is 0 Å². The molecule has 2 fully saturated rings. The zero-order valence-electron chi connectivity index (χ0n) is 15.7. The molecule has 0 N–H and O–H groups in total. The van der Waals surface area contributed by atoms with Crippen molar-refractivity contribution in [2.45, 2.75) is 32.7 Å². The fourth-order valence-corrected chi connectivity index (χ4v) is 4.59. The Morgan fingerprint density at radius 2 is 1.85 bits per heavy atom. The summed E-state index contributed by atoms with van der Waals surface area (Å²) < 4.78 is 5.27. The van der Waals surface area contributed by atoms with Crippen LogP contribution in [0.2, 0.25) is 5.02 Å². The normalized spacial score (nSPS) is 21.7. The van der Waals surface area contributed by atoms with Gasteiger partial charge in [0, 0.05) is 31.2 Å². The third kappa shape index (κ3) is 4.19. The van der Waals surface area contributed by atoms with Crippen molar-refractivity contribution in [2.75, 3.05) is 26.2 Å². The van der Waals surface area contributed by atoms with E-state index in [0.29, 0.717) is 17.4 Å². The number of hydrogen-bond donors (Lipinski definition) is 0. The molecule has 3 heterocycles. The maximum atomic E-state index is 12.6. The summed E-state index contributed by atoms with van der Waals surface area (Å²) in [6, 6.07) is 8.16.